The zero-order valence-corrected chi connectivity index (χ0v) is 62.5. The normalized spacial score (nSPS) is 17.1. The molecule has 23 heteroatoms. The summed E-state index contributed by atoms with van der Waals surface area (Å²) in [4.78, 5) is 88.7. The van der Waals surface area contributed by atoms with Crippen LogP contribution in [-0.2, 0) is 33.5 Å². The van der Waals surface area contributed by atoms with Crippen LogP contribution in [-0.4, -0.2) is 255 Å². The van der Waals surface area contributed by atoms with Gasteiger partial charge in [0.2, 0.25) is 0 Å². The zero-order valence-electron chi connectivity index (χ0n) is 61.7. The van der Waals surface area contributed by atoms with Gasteiger partial charge in [-0.15, -0.1) is 12.4 Å². The number of carboxylic acid groups (broad SMARTS) is 1. The minimum atomic E-state index is -0.983. The molecule has 6 aromatic rings. The van der Waals surface area contributed by atoms with Crippen molar-refractivity contribution in [3.63, 3.8) is 0 Å². The van der Waals surface area contributed by atoms with E-state index in [1.54, 1.807) is 17.0 Å². The van der Waals surface area contributed by atoms with Crippen molar-refractivity contribution in [2.75, 3.05) is 178 Å². The molecule has 5 aliphatic heterocycles. The van der Waals surface area contributed by atoms with Gasteiger partial charge in [-0.2, -0.15) is 0 Å². The van der Waals surface area contributed by atoms with E-state index in [-0.39, 0.29) is 58.8 Å². The number of carboxylic acids is 1. The van der Waals surface area contributed by atoms with Crippen molar-refractivity contribution in [3.05, 3.63) is 207 Å². The number of piperazine rings is 2. The third kappa shape index (κ3) is 23.6. The van der Waals surface area contributed by atoms with Crippen LogP contribution in [0.4, 0.5) is 14.5 Å². The van der Waals surface area contributed by atoms with Gasteiger partial charge in [0.15, 0.2) is 17.3 Å². The highest BCUT2D eigenvalue weighted by Gasteiger charge is 2.42. The summed E-state index contributed by atoms with van der Waals surface area (Å²) in [6.45, 7) is 23.1. The van der Waals surface area contributed by atoms with Gasteiger partial charge in [0, 0.05) is 125 Å². The van der Waals surface area contributed by atoms with Gasteiger partial charge in [-0.3, -0.25) is 38.7 Å². The minimum Gasteiger partial charge on any atom is -0.478 e. The first-order valence-electron chi connectivity index (χ1n) is 35.8. The third-order valence-corrected chi connectivity index (χ3v) is 19.9. The molecule has 0 aromatic heterocycles. The molecule has 0 spiro atoms. The number of morpholine rings is 3. The number of nitrogens with zero attached hydrogens (tertiary/aromatic N) is 6. The number of anilines is 1. The van der Waals surface area contributed by atoms with Gasteiger partial charge >= 0.3 is 5.97 Å². The van der Waals surface area contributed by atoms with Crippen LogP contribution in [0.1, 0.15) is 119 Å². The number of carbonyl (C=O) groups excluding carboxylic acids is 5. The number of hydrogen-bond donors (Lipinski definition) is 5. The van der Waals surface area contributed by atoms with Crippen LogP contribution >= 0.6 is 12.4 Å². The molecule has 5 fully saturated rings. The quantitative estimate of drug-likeness (QED) is 0.0401. The predicted molar refractivity (Wildman–Crippen MR) is 405 cm³/mol. The molecule has 2 amide bonds. The van der Waals surface area contributed by atoms with Crippen LogP contribution < -0.4 is 26.2 Å². The largest absolute Gasteiger partial charge is 0.478 e. The molecular formula is C80H109ClF2N10O10. The van der Waals surface area contributed by atoms with E-state index in [4.69, 9.17) is 19.3 Å². The number of likely N-dealkylation sites (N-methyl/N-ethyl adjacent to an activating group) is 3. The molecule has 6 aromatic carbocycles. The number of carbonyl (C=O) groups is 6. The van der Waals surface area contributed by atoms with E-state index >= 15 is 0 Å². The molecule has 560 valence electrons. The first kappa shape index (κ1) is 84.2. The van der Waals surface area contributed by atoms with Crippen molar-refractivity contribution in [2.24, 2.45) is 0 Å². The second-order valence-corrected chi connectivity index (χ2v) is 26.7. The highest BCUT2D eigenvalue weighted by Crippen LogP contribution is 2.32. The van der Waals surface area contributed by atoms with Crippen molar-refractivity contribution in [2.45, 2.75) is 75.9 Å². The van der Waals surface area contributed by atoms with Gasteiger partial charge in [0.05, 0.1) is 61.8 Å². The molecule has 5 heterocycles. The van der Waals surface area contributed by atoms with Gasteiger partial charge in [0.25, 0.3) is 11.8 Å². The molecule has 5 saturated heterocycles. The standard InChI is InChI=1S/C28H38N4O3.C24H29FN2O3.C20H22FNO3.C4H10N2.C4H9NO.ClH/c1-4-28(30(2)3,26(33)23-9-11-25(12-10-23)31-15-13-29-14-16-31)21-22-5-7-24(8-6-22)27(34)32-17-19-35-20-18-32;1-4-24(26(2)3,22(28)19-9-11-21(25)12-10-19)17-18-5-7-20(8-6-18)23(29)27-13-15-30-16-14-27;1-4-20(22(2)3,18(23)15-9-11-17(21)12-10-15)13-14-5-7-16(8-6-14)19(24)25;1-2-6-4-3-5-1;1-3-6-4-2-5-1;/h5-12,29H,4,13-21H2,1-3H3;5-12H,4,13-17H2,1-3H3;5-12H,4,13H2,1-3H3,(H,24,25);5-6H,1-4H2;5H,1-4H2;1H. The highest BCUT2D eigenvalue weighted by molar-refractivity contribution is 6.05. The molecule has 5 N–H and O–H groups in total. The van der Waals surface area contributed by atoms with Crippen LogP contribution in [0.2, 0.25) is 0 Å². The lowest BCUT2D eigenvalue weighted by Gasteiger charge is -2.38. The fourth-order valence-electron chi connectivity index (χ4n) is 13.2. The highest BCUT2D eigenvalue weighted by atomic mass is 35.5. The van der Waals surface area contributed by atoms with Crippen LogP contribution in [0.5, 0.6) is 0 Å². The number of benzene rings is 6. The Bertz CT molecular complexity index is 3530. The number of ether oxygens (including phenoxy) is 3. The Labute approximate surface area is 614 Å². The summed E-state index contributed by atoms with van der Waals surface area (Å²) in [5.74, 6) is -1.68. The van der Waals surface area contributed by atoms with Crippen molar-refractivity contribution in [1.82, 2.24) is 45.8 Å². The molecule has 3 unspecified atom stereocenters. The molecule has 0 radical (unpaired) electrons. The summed E-state index contributed by atoms with van der Waals surface area (Å²) < 4.78 is 42.1. The SMILES string of the molecule is C1CNCCN1.C1COCCN1.CCC(Cc1ccc(C(=O)N2CCOCC2)cc1)(C(=O)c1ccc(F)cc1)N(C)C.CCC(Cc1ccc(C(=O)N2CCOCC2)cc1)(C(=O)c1ccc(N2CCNCC2)cc1)N(C)C.CCC(Cc1ccc(C(=O)O)cc1)(C(=O)c1ccc(F)cc1)N(C)C.Cl. The van der Waals surface area contributed by atoms with Gasteiger partial charge < -0.3 is 55.3 Å². The Morgan fingerprint density at radius 1 is 0.379 bits per heavy atom. The Hall–Kier alpha value is -7.71. The van der Waals surface area contributed by atoms with Gasteiger partial charge in [0.1, 0.15) is 11.6 Å². The molecule has 0 aliphatic carbocycles. The molecule has 3 atom stereocenters. The minimum absolute atomic E-state index is 0. The van der Waals surface area contributed by atoms with E-state index in [0.717, 1.165) is 107 Å². The van der Waals surface area contributed by atoms with Crippen LogP contribution in [0.25, 0.3) is 0 Å². The van der Waals surface area contributed by atoms with E-state index in [0.29, 0.717) is 113 Å². The lowest BCUT2D eigenvalue weighted by atomic mass is 9.80. The van der Waals surface area contributed by atoms with Gasteiger partial charge in [-0.1, -0.05) is 57.2 Å². The summed E-state index contributed by atoms with van der Waals surface area (Å²) in [6, 6.07) is 41.1. The molecule has 0 saturated carbocycles. The van der Waals surface area contributed by atoms with Crippen LogP contribution in [0.3, 0.4) is 0 Å². The summed E-state index contributed by atoms with van der Waals surface area (Å²) in [5.41, 5.74) is 5.05. The fourth-order valence-corrected chi connectivity index (χ4v) is 13.2. The average Bonchev–Trinajstić information content (AvgIpc) is 0.798. The summed E-state index contributed by atoms with van der Waals surface area (Å²) in [7, 11) is 11.4. The summed E-state index contributed by atoms with van der Waals surface area (Å²) in [6.07, 6.45) is 3.38. The van der Waals surface area contributed by atoms with E-state index in [9.17, 15) is 37.5 Å². The Morgan fingerprint density at radius 3 is 0.913 bits per heavy atom. The Kier molecular flexibility index (Phi) is 34.6. The topological polar surface area (TPSA) is 218 Å². The Morgan fingerprint density at radius 2 is 0.650 bits per heavy atom. The number of hydrogen-bond acceptors (Lipinski definition) is 17. The third-order valence-electron chi connectivity index (χ3n) is 19.9. The lowest BCUT2D eigenvalue weighted by molar-refractivity contribution is 0.0301. The molecule has 20 nitrogen and oxygen atoms in total. The summed E-state index contributed by atoms with van der Waals surface area (Å²) >= 11 is 0. The second-order valence-electron chi connectivity index (χ2n) is 26.7. The van der Waals surface area contributed by atoms with Crippen LogP contribution in [0.15, 0.2) is 146 Å². The van der Waals surface area contributed by atoms with Crippen molar-refractivity contribution in [1.29, 1.82) is 0 Å². The second kappa shape index (κ2) is 42.3. The summed E-state index contributed by atoms with van der Waals surface area (Å²) in [5, 5.41) is 22.0. The number of halogens is 3. The van der Waals surface area contributed by atoms with Crippen LogP contribution in [0, 0.1) is 11.6 Å². The number of rotatable bonds is 22. The fraction of sp³-hybridized carbons (Fsp3) is 0.475. The monoisotopic (exact) mass is 1440 g/mol. The maximum Gasteiger partial charge on any atom is 0.335 e. The maximum absolute atomic E-state index is 13.9. The van der Waals surface area contributed by atoms with E-state index in [2.05, 4.69) is 45.2 Å². The first-order valence-corrected chi connectivity index (χ1v) is 35.8. The lowest BCUT2D eigenvalue weighted by Crippen LogP contribution is -2.52. The molecule has 11 rings (SSSR count). The number of aromatic carboxylic acids is 1. The molecule has 0 bridgehead atoms. The first-order chi connectivity index (χ1) is 49.1. The van der Waals surface area contributed by atoms with E-state index in [1.807, 2.05) is 136 Å². The molecule has 103 heavy (non-hydrogen) atoms. The van der Waals surface area contributed by atoms with E-state index in [1.165, 1.54) is 60.7 Å². The number of amides is 2. The smallest absolute Gasteiger partial charge is 0.335 e. The zero-order chi connectivity index (χ0) is 73.7. The number of ketones is 3. The van der Waals surface area contributed by atoms with Crippen molar-refractivity contribution < 1.29 is 56.9 Å². The number of nitrogens with one attached hydrogen (secondary N) is 4. The van der Waals surface area contributed by atoms with E-state index < -0.39 is 22.6 Å². The Balaban J connectivity index is 0.000000224. The average molecular weight is 1440 g/mol. The van der Waals surface area contributed by atoms with Crippen molar-refractivity contribution in [3.8, 4) is 0 Å². The number of Topliss-reactive ketones (excluding diaryl/α,β-unsaturated/α-hetero) is 3. The van der Waals surface area contributed by atoms with Gasteiger partial charge in [-0.25, -0.2) is 13.6 Å². The predicted octanol–water partition coefficient (Wildman–Crippen LogP) is 9.01. The molecule has 5 aliphatic rings. The van der Waals surface area contributed by atoms with Gasteiger partial charge in [-0.05, 0) is 207 Å². The maximum atomic E-state index is 13.9. The van der Waals surface area contributed by atoms with Crippen molar-refractivity contribution >= 4 is 53.2 Å². The molecular weight excluding hydrogens is 1330 g/mol.